The van der Waals surface area contributed by atoms with Crippen molar-refractivity contribution in [3.63, 3.8) is 0 Å². The molecule has 1 aromatic rings. The summed E-state index contributed by atoms with van der Waals surface area (Å²) in [5.41, 5.74) is 5.66. The van der Waals surface area contributed by atoms with E-state index in [1.165, 1.54) is 0 Å². The van der Waals surface area contributed by atoms with Crippen LogP contribution in [0.2, 0.25) is 0 Å². The topological polar surface area (TPSA) is 86.5 Å². The number of ketones is 1. The maximum atomic E-state index is 11.2. The molecule has 1 rings (SSSR count). The molecule has 0 bridgehead atoms. The van der Waals surface area contributed by atoms with Gasteiger partial charge in [-0.05, 0) is 5.56 Å². The first-order valence-corrected chi connectivity index (χ1v) is 5.12. The first-order chi connectivity index (χ1) is 8.09. The third-order valence-corrected chi connectivity index (χ3v) is 2.04. The summed E-state index contributed by atoms with van der Waals surface area (Å²) in [4.78, 5) is 32.8. The highest BCUT2D eigenvalue weighted by Gasteiger charge is 2.15. The molecule has 0 aliphatic rings. The second-order valence-electron chi connectivity index (χ2n) is 3.45. The summed E-state index contributed by atoms with van der Waals surface area (Å²) in [5.74, 6) is -2.29. The lowest BCUT2D eigenvalue weighted by molar-refractivity contribution is -0.155. The van der Waals surface area contributed by atoms with Crippen molar-refractivity contribution in [3.05, 3.63) is 35.9 Å². The zero-order valence-corrected chi connectivity index (χ0v) is 9.22. The fraction of sp³-hybridized carbons (Fsp3) is 0.250. The summed E-state index contributed by atoms with van der Waals surface area (Å²) in [6, 6.07) is 9.00. The molecule has 0 atom stereocenters. The fourth-order valence-corrected chi connectivity index (χ4v) is 1.14. The summed E-state index contributed by atoms with van der Waals surface area (Å²) in [5, 5.41) is 0. The Labute approximate surface area is 98.6 Å². The minimum absolute atomic E-state index is 0.0436. The Morgan fingerprint density at radius 1 is 1.06 bits per heavy atom. The van der Waals surface area contributed by atoms with Crippen LogP contribution in [0.25, 0.3) is 0 Å². The van der Waals surface area contributed by atoms with Crippen molar-refractivity contribution in [2.24, 2.45) is 5.73 Å². The number of benzene rings is 1. The summed E-state index contributed by atoms with van der Waals surface area (Å²) in [7, 11) is 0. The monoisotopic (exact) mass is 235 g/mol. The molecule has 5 heteroatoms. The van der Waals surface area contributed by atoms with Gasteiger partial charge in [0.25, 0.3) is 0 Å². The molecule has 5 nitrogen and oxygen atoms in total. The van der Waals surface area contributed by atoms with E-state index in [1.807, 2.05) is 6.07 Å². The number of nitrogens with two attached hydrogens (primary N) is 1. The van der Waals surface area contributed by atoms with Crippen molar-refractivity contribution < 1.29 is 19.1 Å². The van der Waals surface area contributed by atoms with Gasteiger partial charge >= 0.3 is 5.97 Å². The number of amides is 1. The van der Waals surface area contributed by atoms with Crippen LogP contribution in [-0.4, -0.2) is 17.7 Å². The van der Waals surface area contributed by atoms with Gasteiger partial charge in [0.05, 0.1) is 0 Å². The van der Waals surface area contributed by atoms with Crippen molar-refractivity contribution in [1.82, 2.24) is 0 Å². The van der Waals surface area contributed by atoms with Crippen LogP contribution in [0.3, 0.4) is 0 Å². The Morgan fingerprint density at radius 3 is 2.29 bits per heavy atom. The fourth-order valence-electron chi connectivity index (χ4n) is 1.14. The van der Waals surface area contributed by atoms with Crippen LogP contribution >= 0.6 is 0 Å². The third-order valence-electron chi connectivity index (χ3n) is 2.04. The number of Topliss-reactive ketones (excluding diaryl/α,β-unsaturated/α-hetero) is 1. The van der Waals surface area contributed by atoms with E-state index in [2.05, 4.69) is 0 Å². The molecular formula is C12H13NO4. The summed E-state index contributed by atoms with van der Waals surface area (Å²) < 4.78 is 4.78. The van der Waals surface area contributed by atoms with Crippen molar-refractivity contribution in [3.8, 4) is 0 Å². The van der Waals surface area contributed by atoms with Crippen LogP contribution in [0, 0.1) is 0 Å². The molecule has 1 aromatic carbocycles. The van der Waals surface area contributed by atoms with Gasteiger partial charge in [-0.2, -0.15) is 0 Å². The lowest BCUT2D eigenvalue weighted by Gasteiger charge is -2.03. The van der Waals surface area contributed by atoms with Gasteiger partial charge in [-0.3, -0.25) is 9.59 Å². The second-order valence-corrected chi connectivity index (χ2v) is 3.45. The van der Waals surface area contributed by atoms with Crippen molar-refractivity contribution in [2.45, 2.75) is 19.4 Å². The Bertz CT molecular complexity index is 414. The molecule has 1 amide bonds. The van der Waals surface area contributed by atoms with E-state index in [0.717, 1.165) is 5.56 Å². The molecule has 0 radical (unpaired) electrons. The highest BCUT2D eigenvalue weighted by atomic mass is 16.5. The zero-order valence-electron chi connectivity index (χ0n) is 9.22. The van der Waals surface area contributed by atoms with Gasteiger partial charge in [0.2, 0.25) is 11.7 Å². The van der Waals surface area contributed by atoms with Gasteiger partial charge in [-0.15, -0.1) is 0 Å². The Morgan fingerprint density at radius 2 is 1.71 bits per heavy atom. The van der Waals surface area contributed by atoms with E-state index < -0.39 is 17.7 Å². The van der Waals surface area contributed by atoms with Gasteiger partial charge < -0.3 is 10.5 Å². The lowest BCUT2D eigenvalue weighted by atomic mass is 10.2. The minimum atomic E-state index is -0.935. The average Bonchev–Trinajstić information content (AvgIpc) is 2.34. The normalized spacial score (nSPS) is 9.65. The minimum Gasteiger partial charge on any atom is -0.455 e. The average molecular weight is 235 g/mol. The standard InChI is InChI=1S/C12H13NO4/c13-11(15)7-6-10(14)12(16)17-8-9-4-2-1-3-5-9/h1-5H,6-8H2,(H2,13,15). The first-order valence-electron chi connectivity index (χ1n) is 5.12. The van der Waals surface area contributed by atoms with E-state index in [1.54, 1.807) is 24.3 Å². The van der Waals surface area contributed by atoms with Crippen LogP contribution in [-0.2, 0) is 25.7 Å². The number of esters is 1. The summed E-state index contributed by atoms with van der Waals surface area (Å²) in [6.07, 6.45) is -0.345. The number of carbonyl (C=O) groups is 3. The van der Waals surface area contributed by atoms with Gasteiger partial charge in [0.1, 0.15) is 6.61 Å². The maximum Gasteiger partial charge on any atom is 0.374 e. The lowest BCUT2D eigenvalue weighted by Crippen LogP contribution is -2.20. The first kappa shape index (κ1) is 12.9. The molecule has 0 saturated carbocycles. The van der Waals surface area contributed by atoms with Crippen LogP contribution in [0.1, 0.15) is 18.4 Å². The predicted molar refractivity (Wildman–Crippen MR) is 59.7 cm³/mol. The van der Waals surface area contributed by atoms with E-state index in [4.69, 9.17) is 10.5 Å². The number of rotatable bonds is 6. The Kier molecular flexibility index (Phi) is 4.87. The smallest absolute Gasteiger partial charge is 0.374 e. The quantitative estimate of drug-likeness (QED) is 0.576. The Hall–Kier alpha value is -2.17. The number of hydrogen-bond acceptors (Lipinski definition) is 4. The SMILES string of the molecule is NC(=O)CCC(=O)C(=O)OCc1ccccc1. The Balaban J connectivity index is 2.34. The molecule has 0 unspecified atom stereocenters. The summed E-state index contributed by atoms with van der Waals surface area (Å²) >= 11 is 0. The molecule has 2 N–H and O–H groups in total. The number of carbonyl (C=O) groups excluding carboxylic acids is 3. The predicted octanol–water partition coefficient (Wildman–Crippen LogP) is 0.564. The highest BCUT2D eigenvalue weighted by molar-refractivity contribution is 6.33. The summed E-state index contributed by atoms with van der Waals surface area (Å²) in [6.45, 7) is 0.0436. The van der Waals surface area contributed by atoms with Gasteiger partial charge in [-0.1, -0.05) is 30.3 Å². The molecule has 0 fully saturated rings. The number of ether oxygens (including phenoxy) is 1. The van der Waals surface area contributed by atoms with E-state index >= 15 is 0 Å². The molecule has 0 aliphatic carbocycles. The van der Waals surface area contributed by atoms with Gasteiger partial charge in [0.15, 0.2) is 0 Å². The van der Waals surface area contributed by atoms with Crippen LogP contribution in [0.4, 0.5) is 0 Å². The van der Waals surface area contributed by atoms with Gasteiger partial charge in [0, 0.05) is 12.8 Å². The molecular weight excluding hydrogens is 222 g/mol. The zero-order chi connectivity index (χ0) is 12.7. The molecule has 0 heterocycles. The van der Waals surface area contributed by atoms with E-state index in [-0.39, 0.29) is 19.4 Å². The van der Waals surface area contributed by atoms with Crippen molar-refractivity contribution in [2.75, 3.05) is 0 Å². The molecule has 0 aromatic heterocycles. The van der Waals surface area contributed by atoms with E-state index in [9.17, 15) is 14.4 Å². The van der Waals surface area contributed by atoms with E-state index in [0.29, 0.717) is 0 Å². The highest BCUT2D eigenvalue weighted by Crippen LogP contribution is 2.02. The molecule has 17 heavy (non-hydrogen) atoms. The molecule has 0 spiro atoms. The van der Waals surface area contributed by atoms with Gasteiger partial charge in [-0.25, -0.2) is 4.79 Å². The number of primary amides is 1. The molecule has 0 saturated heterocycles. The van der Waals surface area contributed by atoms with Crippen LogP contribution in [0.15, 0.2) is 30.3 Å². The maximum absolute atomic E-state index is 11.2. The number of hydrogen-bond donors (Lipinski definition) is 1. The van der Waals surface area contributed by atoms with Crippen LogP contribution in [0.5, 0.6) is 0 Å². The van der Waals surface area contributed by atoms with Crippen molar-refractivity contribution in [1.29, 1.82) is 0 Å². The third kappa shape index (κ3) is 4.92. The van der Waals surface area contributed by atoms with Crippen LogP contribution < -0.4 is 5.73 Å². The molecule has 0 aliphatic heterocycles. The largest absolute Gasteiger partial charge is 0.455 e. The molecule has 90 valence electrons. The van der Waals surface area contributed by atoms with Crippen molar-refractivity contribution >= 4 is 17.7 Å². The second kappa shape index (κ2) is 6.42.